The Labute approximate surface area is 94.9 Å². The quantitative estimate of drug-likeness (QED) is 0.852. The summed E-state index contributed by atoms with van der Waals surface area (Å²) in [7, 11) is 0. The Morgan fingerprint density at radius 2 is 2.40 bits per heavy atom. The molecular formula is C11H18N2OS. The third-order valence-corrected chi connectivity index (χ3v) is 3.44. The summed E-state index contributed by atoms with van der Waals surface area (Å²) in [6, 6.07) is 0. The smallest absolute Gasteiger partial charge is 0.107 e. The fraction of sp³-hybridized carbons (Fsp3) is 0.727. The summed E-state index contributed by atoms with van der Waals surface area (Å²) in [4.78, 5) is 5.95. The molecule has 0 saturated heterocycles. The minimum Gasteiger partial charge on any atom is -0.375 e. The Bertz CT molecular complexity index is 299. The highest BCUT2D eigenvalue weighted by Crippen LogP contribution is 2.23. The van der Waals surface area contributed by atoms with Crippen molar-refractivity contribution < 1.29 is 4.74 Å². The molecule has 0 amide bonds. The molecule has 2 heterocycles. The van der Waals surface area contributed by atoms with Gasteiger partial charge in [-0.15, -0.1) is 11.3 Å². The van der Waals surface area contributed by atoms with Gasteiger partial charge in [-0.2, -0.15) is 0 Å². The lowest BCUT2D eigenvalue weighted by molar-refractivity contribution is 0.112. The number of ether oxygens (including phenoxy) is 1. The first-order chi connectivity index (χ1) is 7.25. The molecule has 0 spiro atoms. The lowest BCUT2D eigenvalue weighted by atomic mass is 10.2. The average Bonchev–Trinajstić information content (AvgIpc) is 2.59. The van der Waals surface area contributed by atoms with Crippen molar-refractivity contribution in [1.82, 2.24) is 10.3 Å². The van der Waals surface area contributed by atoms with Crippen LogP contribution in [0, 0.1) is 5.92 Å². The monoisotopic (exact) mass is 226 g/mol. The van der Waals surface area contributed by atoms with Gasteiger partial charge in [0.15, 0.2) is 0 Å². The standard InChI is InChI=1S/C11H18N2OS/c1-8(2)5-12-6-11-13-9-3-4-14-7-10(9)15-11/h8,12H,3-7H2,1-2H3. The Morgan fingerprint density at radius 1 is 1.53 bits per heavy atom. The molecule has 0 atom stereocenters. The zero-order chi connectivity index (χ0) is 10.7. The van der Waals surface area contributed by atoms with Gasteiger partial charge in [-0.05, 0) is 12.5 Å². The Balaban J connectivity index is 1.89. The van der Waals surface area contributed by atoms with Crippen molar-refractivity contribution >= 4 is 11.3 Å². The topological polar surface area (TPSA) is 34.2 Å². The summed E-state index contributed by atoms with van der Waals surface area (Å²) in [6.45, 7) is 7.98. The van der Waals surface area contributed by atoms with Crippen LogP contribution in [-0.4, -0.2) is 18.1 Å². The van der Waals surface area contributed by atoms with E-state index in [1.807, 2.05) is 0 Å². The van der Waals surface area contributed by atoms with E-state index in [1.54, 1.807) is 11.3 Å². The largest absolute Gasteiger partial charge is 0.375 e. The highest BCUT2D eigenvalue weighted by Gasteiger charge is 2.14. The molecule has 3 nitrogen and oxygen atoms in total. The predicted octanol–water partition coefficient (Wildman–Crippen LogP) is 1.96. The summed E-state index contributed by atoms with van der Waals surface area (Å²) in [5.41, 5.74) is 1.26. The lowest BCUT2D eigenvalue weighted by Crippen LogP contribution is -2.18. The number of thiazole rings is 1. The molecule has 1 aliphatic rings. The van der Waals surface area contributed by atoms with Gasteiger partial charge in [0, 0.05) is 13.0 Å². The number of fused-ring (bicyclic) bond motifs is 1. The van der Waals surface area contributed by atoms with Crippen molar-refractivity contribution in [3.8, 4) is 0 Å². The normalized spacial score (nSPS) is 15.7. The van der Waals surface area contributed by atoms with Gasteiger partial charge >= 0.3 is 0 Å². The van der Waals surface area contributed by atoms with Crippen LogP contribution in [0.15, 0.2) is 0 Å². The minimum absolute atomic E-state index is 0.697. The van der Waals surface area contributed by atoms with Crippen molar-refractivity contribution in [3.05, 3.63) is 15.6 Å². The van der Waals surface area contributed by atoms with Gasteiger partial charge in [0.25, 0.3) is 0 Å². The van der Waals surface area contributed by atoms with Crippen LogP contribution in [0.2, 0.25) is 0 Å². The summed E-state index contributed by atoms with van der Waals surface area (Å²) < 4.78 is 5.40. The van der Waals surface area contributed by atoms with Gasteiger partial charge in [0.05, 0.1) is 23.8 Å². The van der Waals surface area contributed by atoms with Crippen molar-refractivity contribution in [3.63, 3.8) is 0 Å². The summed E-state index contributed by atoms with van der Waals surface area (Å²) in [5.74, 6) is 0.697. The van der Waals surface area contributed by atoms with E-state index < -0.39 is 0 Å². The number of nitrogens with one attached hydrogen (secondary N) is 1. The third-order valence-electron chi connectivity index (χ3n) is 2.37. The maximum atomic E-state index is 5.40. The molecule has 0 unspecified atom stereocenters. The van der Waals surface area contributed by atoms with Crippen molar-refractivity contribution in [2.75, 3.05) is 13.2 Å². The van der Waals surface area contributed by atoms with Gasteiger partial charge in [0.2, 0.25) is 0 Å². The molecule has 15 heavy (non-hydrogen) atoms. The van der Waals surface area contributed by atoms with E-state index in [9.17, 15) is 0 Å². The van der Waals surface area contributed by atoms with Crippen LogP contribution in [0.3, 0.4) is 0 Å². The molecule has 0 aromatic carbocycles. The Kier molecular flexibility index (Phi) is 3.72. The van der Waals surface area contributed by atoms with Gasteiger partial charge in [-0.1, -0.05) is 13.8 Å². The lowest BCUT2D eigenvalue weighted by Gasteiger charge is -2.08. The van der Waals surface area contributed by atoms with E-state index >= 15 is 0 Å². The van der Waals surface area contributed by atoms with Gasteiger partial charge in [0.1, 0.15) is 5.01 Å². The van der Waals surface area contributed by atoms with Crippen molar-refractivity contribution in [1.29, 1.82) is 0 Å². The van der Waals surface area contributed by atoms with Crippen LogP contribution in [0.1, 0.15) is 29.4 Å². The Morgan fingerprint density at radius 3 is 3.13 bits per heavy atom. The van der Waals surface area contributed by atoms with Crippen LogP contribution in [0.5, 0.6) is 0 Å². The average molecular weight is 226 g/mol. The molecule has 0 radical (unpaired) electrons. The first-order valence-corrected chi connectivity index (χ1v) is 6.33. The Hall–Kier alpha value is -0.450. The third kappa shape index (κ3) is 3.00. The highest BCUT2D eigenvalue weighted by molar-refractivity contribution is 7.11. The SMILES string of the molecule is CC(C)CNCc1nc2c(s1)COCC2. The summed E-state index contributed by atoms with van der Waals surface area (Å²) in [5, 5.41) is 4.62. The first kappa shape index (κ1) is 11.0. The molecule has 1 aliphatic heterocycles. The van der Waals surface area contributed by atoms with Crippen LogP contribution < -0.4 is 5.32 Å². The van der Waals surface area contributed by atoms with Crippen molar-refractivity contribution in [2.24, 2.45) is 5.92 Å². The number of nitrogens with zero attached hydrogens (tertiary/aromatic N) is 1. The van der Waals surface area contributed by atoms with E-state index in [0.717, 1.165) is 32.7 Å². The molecule has 4 heteroatoms. The van der Waals surface area contributed by atoms with E-state index in [2.05, 4.69) is 24.1 Å². The van der Waals surface area contributed by atoms with E-state index in [1.165, 1.54) is 15.6 Å². The maximum Gasteiger partial charge on any atom is 0.107 e. The van der Waals surface area contributed by atoms with Gasteiger partial charge in [-0.3, -0.25) is 0 Å². The fourth-order valence-electron chi connectivity index (χ4n) is 1.62. The molecular weight excluding hydrogens is 208 g/mol. The number of hydrogen-bond donors (Lipinski definition) is 1. The maximum absolute atomic E-state index is 5.40. The number of rotatable bonds is 4. The molecule has 0 bridgehead atoms. The second-order valence-corrected chi connectivity index (χ2v) is 5.47. The molecule has 84 valence electrons. The fourth-order valence-corrected chi connectivity index (χ4v) is 2.64. The second kappa shape index (κ2) is 5.05. The molecule has 1 aromatic heterocycles. The van der Waals surface area contributed by atoms with Crippen LogP contribution in [0.4, 0.5) is 0 Å². The summed E-state index contributed by atoms with van der Waals surface area (Å²) in [6.07, 6.45) is 0.982. The predicted molar refractivity (Wildman–Crippen MR) is 62.0 cm³/mol. The number of aromatic nitrogens is 1. The highest BCUT2D eigenvalue weighted by atomic mass is 32.1. The molecule has 1 aromatic rings. The van der Waals surface area contributed by atoms with Gasteiger partial charge < -0.3 is 10.1 Å². The zero-order valence-electron chi connectivity index (χ0n) is 9.38. The van der Waals surface area contributed by atoms with Crippen LogP contribution >= 0.6 is 11.3 Å². The molecule has 2 rings (SSSR count). The van der Waals surface area contributed by atoms with E-state index in [-0.39, 0.29) is 0 Å². The van der Waals surface area contributed by atoms with Crippen LogP contribution in [-0.2, 0) is 24.3 Å². The summed E-state index contributed by atoms with van der Waals surface area (Å²) >= 11 is 1.79. The molecule has 0 aliphatic carbocycles. The van der Waals surface area contributed by atoms with Crippen LogP contribution in [0.25, 0.3) is 0 Å². The number of hydrogen-bond acceptors (Lipinski definition) is 4. The molecule has 0 fully saturated rings. The molecule has 1 N–H and O–H groups in total. The zero-order valence-corrected chi connectivity index (χ0v) is 10.2. The van der Waals surface area contributed by atoms with E-state index in [4.69, 9.17) is 4.74 Å². The molecule has 0 saturated carbocycles. The first-order valence-electron chi connectivity index (χ1n) is 5.51. The second-order valence-electron chi connectivity index (χ2n) is 4.30. The van der Waals surface area contributed by atoms with Gasteiger partial charge in [-0.25, -0.2) is 4.98 Å². The van der Waals surface area contributed by atoms with Crippen molar-refractivity contribution in [2.45, 2.75) is 33.4 Å². The van der Waals surface area contributed by atoms with E-state index in [0.29, 0.717) is 5.92 Å². The minimum atomic E-state index is 0.697.